The van der Waals surface area contributed by atoms with E-state index >= 15 is 0 Å². The molecule has 0 aliphatic carbocycles. The van der Waals surface area contributed by atoms with Gasteiger partial charge in [-0.25, -0.2) is 0 Å². The summed E-state index contributed by atoms with van der Waals surface area (Å²) in [6.45, 7) is 7.33. The molecule has 1 aliphatic rings. The molecule has 164 valence electrons. The van der Waals surface area contributed by atoms with Crippen LogP contribution in [0.15, 0.2) is 72.8 Å². The van der Waals surface area contributed by atoms with E-state index in [1.807, 2.05) is 35.2 Å². The highest BCUT2D eigenvalue weighted by Crippen LogP contribution is 2.24. The lowest BCUT2D eigenvalue weighted by molar-refractivity contribution is -0.115. The minimum atomic E-state index is -0.0714. The lowest BCUT2D eigenvalue weighted by Crippen LogP contribution is -2.49. The number of amides is 2. The number of hydrogen-bond acceptors (Lipinski definition) is 3. The molecule has 0 aromatic heterocycles. The lowest BCUT2D eigenvalue weighted by atomic mass is 10.1. The molecule has 1 N–H and O–H groups in total. The van der Waals surface area contributed by atoms with Gasteiger partial charge in [0.15, 0.2) is 0 Å². The second-order valence-corrected chi connectivity index (χ2v) is 8.29. The fraction of sp³-hybridized carbons (Fsp3) is 0.259. The summed E-state index contributed by atoms with van der Waals surface area (Å²) < 4.78 is 0. The van der Waals surface area contributed by atoms with Crippen LogP contribution in [0.25, 0.3) is 0 Å². The Kier molecular flexibility index (Phi) is 6.55. The van der Waals surface area contributed by atoms with Crippen LogP contribution in [0.1, 0.15) is 27.0 Å². The monoisotopic (exact) mass is 427 g/mol. The quantitative estimate of drug-likeness (QED) is 0.655. The average molecular weight is 428 g/mol. The van der Waals surface area contributed by atoms with E-state index in [4.69, 9.17) is 0 Å². The van der Waals surface area contributed by atoms with Crippen molar-refractivity contribution in [3.05, 3.63) is 95.1 Å². The molecule has 1 heterocycles. The van der Waals surface area contributed by atoms with E-state index in [1.165, 1.54) is 16.8 Å². The van der Waals surface area contributed by atoms with Gasteiger partial charge < -0.3 is 15.1 Å². The molecular formula is C27H29N3O2. The SMILES string of the molecule is Cc1cccc(N2CCN(C(=O)c3ccc(NC(=O)Cc4ccccc4)cc3)CC2)c1C. The third kappa shape index (κ3) is 4.99. The summed E-state index contributed by atoms with van der Waals surface area (Å²) >= 11 is 0. The van der Waals surface area contributed by atoms with E-state index in [1.54, 1.807) is 24.3 Å². The van der Waals surface area contributed by atoms with Crippen LogP contribution < -0.4 is 10.2 Å². The number of benzene rings is 3. The Morgan fingerprint density at radius 1 is 0.812 bits per heavy atom. The van der Waals surface area contributed by atoms with Gasteiger partial charge in [-0.05, 0) is 60.9 Å². The molecule has 3 aromatic rings. The molecule has 1 saturated heterocycles. The van der Waals surface area contributed by atoms with Crippen LogP contribution in [-0.2, 0) is 11.2 Å². The standard InChI is InChI=1S/C27H29N3O2/c1-20-7-6-10-25(21(20)2)29-15-17-30(18-16-29)27(32)23-11-13-24(14-12-23)28-26(31)19-22-8-4-3-5-9-22/h3-14H,15-19H2,1-2H3,(H,28,31). The minimum absolute atomic E-state index is 0.0350. The number of aryl methyl sites for hydroxylation is 1. The molecule has 0 atom stereocenters. The van der Waals surface area contributed by atoms with Crippen LogP contribution in [0.5, 0.6) is 0 Å². The number of carbonyl (C=O) groups is 2. The topological polar surface area (TPSA) is 52.6 Å². The molecular weight excluding hydrogens is 398 g/mol. The number of hydrogen-bond donors (Lipinski definition) is 1. The summed E-state index contributed by atoms with van der Waals surface area (Å²) in [5.74, 6) is -0.0365. The third-order valence-corrected chi connectivity index (χ3v) is 6.11. The van der Waals surface area contributed by atoms with Crippen LogP contribution in [0.3, 0.4) is 0 Å². The van der Waals surface area contributed by atoms with E-state index in [0.717, 1.165) is 18.7 Å². The first kappa shape index (κ1) is 21.6. The molecule has 1 aliphatic heterocycles. The number of nitrogens with one attached hydrogen (secondary N) is 1. The van der Waals surface area contributed by atoms with E-state index in [-0.39, 0.29) is 11.8 Å². The second kappa shape index (κ2) is 9.69. The Balaban J connectivity index is 1.32. The fourth-order valence-electron chi connectivity index (χ4n) is 4.09. The van der Waals surface area contributed by atoms with Crippen molar-refractivity contribution in [3.8, 4) is 0 Å². The first-order valence-corrected chi connectivity index (χ1v) is 11.1. The first-order chi connectivity index (χ1) is 15.5. The Morgan fingerprint density at radius 2 is 1.50 bits per heavy atom. The molecule has 0 spiro atoms. The maximum Gasteiger partial charge on any atom is 0.253 e. The summed E-state index contributed by atoms with van der Waals surface area (Å²) in [5.41, 5.74) is 6.16. The van der Waals surface area contributed by atoms with E-state index in [9.17, 15) is 9.59 Å². The Labute approximate surface area is 189 Å². The molecule has 1 fully saturated rings. The second-order valence-electron chi connectivity index (χ2n) is 8.29. The highest BCUT2D eigenvalue weighted by molar-refractivity contribution is 5.96. The van der Waals surface area contributed by atoms with E-state index in [2.05, 4.69) is 42.3 Å². The molecule has 0 saturated carbocycles. The summed E-state index contributed by atoms with van der Waals surface area (Å²) in [4.78, 5) is 29.5. The van der Waals surface area contributed by atoms with Gasteiger partial charge in [-0.3, -0.25) is 9.59 Å². The van der Waals surface area contributed by atoms with Crippen LogP contribution in [0, 0.1) is 13.8 Å². The normalized spacial score (nSPS) is 13.7. The maximum absolute atomic E-state index is 13.0. The minimum Gasteiger partial charge on any atom is -0.368 e. The van der Waals surface area contributed by atoms with Crippen molar-refractivity contribution in [2.45, 2.75) is 20.3 Å². The van der Waals surface area contributed by atoms with Crippen molar-refractivity contribution in [2.24, 2.45) is 0 Å². The average Bonchev–Trinajstić information content (AvgIpc) is 2.82. The summed E-state index contributed by atoms with van der Waals surface area (Å²) in [7, 11) is 0. The maximum atomic E-state index is 13.0. The van der Waals surface area contributed by atoms with Gasteiger partial charge in [0.05, 0.1) is 6.42 Å². The van der Waals surface area contributed by atoms with Crippen LogP contribution in [-0.4, -0.2) is 42.9 Å². The molecule has 5 nitrogen and oxygen atoms in total. The van der Waals surface area contributed by atoms with Crippen LogP contribution in [0.4, 0.5) is 11.4 Å². The predicted octanol–water partition coefficient (Wildman–Crippen LogP) is 4.45. The van der Waals surface area contributed by atoms with Gasteiger partial charge in [0.2, 0.25) is 5.91 Å². The zero-order valence-corrected chi connectivity index (χ0v) is 18.7. The van der Waals surface area contributed by atoms with Gasteiger partial charge in [0.25, 0.3) is 5.91 Å². The van der Waals surface area contributed by atoms with Gasteiger partial charge >= 0.3 is 0 Å². The molecule has 0 radical (unpaired) electrons. The van der Waals surface area contributed by atoms with Crippen molar-refractivity contribution in [1.82, 2.24) is 4.90 Å². The highest BCUT2D eigenvalue weighted by Gasteiger charge is 2.23. The molecule has 4 rings (SSSR count). The van der Waals surface area contributed by atoms with Gasteiger partial charge in [0, 0.05) is 43.1 Å². The van der Waals surface area contributed by atoms with Crippen molar-refractivity contribution in [3.63, 3.8) is 0 Å². The zero-order valence-electron chi connectivity index (χ0n) is 18.7. The van der Waals surface area contributed by atoms with Crippen molar-refractivity contribution in [1.29, 1.82) is 0 Å². The number of carbonyl (C=O) groups excluding carboxylic acids is 2. The van der Waals surface area contributed by atoms with E-state index in [0.29, 0.717) is 30.8 Å². The Bertz CT molecular complexity index is 1090. The fourth-order valence-corrected chi connectivity index (χ4v) is 4.09. The Hall–Kier alpha value is -3.60. The first-order valence-electron chi connectivity index (χ1n) is 11.1. The Morgan fingerprint density at radius 3 is 2.19 bits per heavy atom. The van der Waals surface area contributed by atoms with E-state index < -0.39 is 0 Å². The molecule has 0 bridgehead atoms. The zero-order chi connectivity index (χ0) is 22.5. The van der Waals surface area contributed by atoms with Crippen LogP contribution in [0.2, 0.25) is 0 Å². The molecule has 3 aromatic carbocycles. The molecule has 0 unspecified atom stereocenters. The molecule has 5 heteroatoms. The highest BCUT2D eigenvalue weighted by atomic mass is 16.2. The third-order valence-electron chi connectivity index (χ3n) is 6.11. The number of anilines is 2. The lowest BCUT2D eigenvalue weighted by Gasteiger charge is -2.37. The number of nitrogens with zero attached hydrogens (tertiary/aromatic N) is 2. The number of rotatable bonds is 5. The van der Waals surface area contributed by atoms with Crippen molar-refractivity contribution >= 4 is 23.2 Å². The largest absolute Gasteiger partial charge is 0.368 e. The summed E-state index contributed by atoms with van der Waals surface area (Å²) in [5, 5.41) is 2.90. The summed E-state index contributed by atoms with van der Waals surface area (Å²) in [6.07, 6.45) is 0.326. The summed E-state index contributed by atoms with van der Waals surface area (Å²) in [6, 6.07) is 23.2. The van der Waals surface area contributed by atoms with Gasteiger partial charge in [-0.15, -0.1) is 0 Å². The predicted molar refractivity (Wildman–Crippen MR) is 129 cm³/mol. The van der Waals surface area contributed by atoms with Crippen LogP contribution >= 0.6 is 0 Å². The van der Waals surface area contributed by atoms with Gasteiger partial charge in [-0.2, -0.15) is 0 Å². The van der Waals surface area contributed by atoms with Gasteiger partial charge in [0.1, 0.15) is 0 Å². The van der Waals surface area contributed by atoms with Crippen molar-refractivity contribution < 1.29 is 9.59 Å². The smallest absolute Gasteiger partial charge is 0.253 e. The van der Waals surface area contributed by atoms with Crippen molar-refractivity contribution in [2.75, 3.05) is 36.4 Å². The molecule has 32 heavy (non-hydrogen) atoms. The number of piperazine rings is 1. The molecule has 2 amide bonds. The van der Waals surface area contributed by atoms with Gasteiger partial charge in [-0.1, -0.05) is 42.5 Å².